The Morgan fingerprint density at radius 1 is 1.14 bits per heavy atom. The van der Waals surface area contributed by atoms with Crippen molar-refractivity contribution >= 4 is 52.8 Å². The molecule has 0 N–H and O–H groups in total. The smallest absolute Gasteiger partial charge is 0.332 e. The van der Waals surface area contributed by atoms with Crippen LogP contribution in [-0.4, -0.2) is 77.7 Å². The van der Waals surface area contributed by atoms with Crippen molar-refractivity contribution in [3.8, 4) is 0 Å². The summed E-state index contributed by atoms with van der Waals surface area (Å²) in [5, 5.41) is -0.0540. The number of amides is 2. The fourth-order valence-electron chi connectivity index (χ4n) is 4.86. The third-order valence-electron chi connectivity index (χ3n) is 6.20. The Labute approximate surface area is 204 Å². The molecule has 13 nitrogen and oxygen atoms in total. The fraction of sp³-hybridized carbons (Fsp3) is 0.476. The summed E-state index contributed by atoms with van der Waals surface area (Å²) in [4.78, 5) is 76.1. The predicted molar refractivity (Wildman–Crippen MR) is 118 cm³/mol. The van der Waals surface area contributed by atoms with Gasteiger partial charge in [-0.3, -0.25) is 24.1 Å². The van der Waals surface area contributed by atoms with Gasteiger partial charge in [0.15, 0.2) is 11.0 Å². The van der Waals surface area contributed by atoms with E-state index in [2.05, 4.69) is 9.97 Å². The van der Waals surface area contributed by atoms with E-state index in [0.29, 0.717) is 0 Å². The molecule has 4 heterocycles. The van der Waals surface area contributed by atoms with E-state index in [1.54, 1.807) is 6.92 Å². The Morgan fingerprint density at radius 2 is 1.77 bits per heavy atom. The third-order valence-corrected chi connectivity index (χ3v) is 6.48. The summed E-state index contributed by atoms with van der Waals surface area (Å²) < 4.78 is 15.0. The molecule has 3 aliphatic heterocycles. The first-order valence-corrected chi connectivity index (χ1v) is 11.0. The van der Waals surface area contributed by atoms with E-state index in [9.17, 15) is 24.0 Å². The highest BCUT2D eigenvalue weighted by Gasteiger charge is 2.70. The highest BCUT2D eigenvalue weighted by molar-refractivity contribution is 6.33. The van der Waals surface area contributed by atoms with Crippen molar-refractivity contribution in [1.82, 2.24) is 14.9 Å². The molecule has 0 spiro atoms. The van der Waals surface area contributed by atoms with Crippen LogP contribution in [0.15, 0.2) is 18.6 Å². The molecule has 14 heteroatoms. The second-order valence-electron chi connectivity index (χ2n) is 7.89. The first-order chi connectivity index (χ1) is 16.7. The first-order valence-electron chi connectivity index (χ1n) is 10.7. The Kier molecular flexibility index (Phi) is 6.36. The molecule has 0 aromatic carbocycles. The molecule has 2 atom stereocenters. The molecular formula is C21H22ClN5O8. The zero-order chi connectivity index (χ0) is 25.5. The molecule has 0 bridgehead atoms. The Hall–Kier alpha value is -3.74. The lowest BCUT2D eigenvalue weighted by atomic mass is 9.82. The highest BCUT2D eigenvalue weighted by atomic mass is 35.5. The van der Waals surface area contributed by atoms with Crippen molar-refractivity contribution in [2.45, 2.75) is 38.5 Å². The standard InChI is InChI=1S/C21H22ClN5O8/c1-4-35-14(30)7-8-25-17-15(16(22)23-10-24-17)27-11(26-12(28)5-6-13(26)29)9-21(18(25)27,19(31)33-2)20(32)34-3/h7-8,10-11,18H,4-6,9H2,1-3H3/b8-7+/t11-,18-/m1/s1. The van der Waals surface area contributed by atoms with E-state index in [-0.39, 0.29) is 42.5 Å². The van der Waals surface area contributed by atoms with E-state index in [4.69, 9.17) is 25.8 Å². The molecule has 0 radical (unpaired) electrons. The average molecular weight is 508 g/mol. The molecule has 1 aromatic heterocycles. The van der Waals surface area contributed by atoms with Crippen molar-refractivity contribution in [3.63, 3.8) is 0 Å². The molecule has 4 rings (SSSR count). The largest absolute Gasteiger partial charge is 0.468 e. The number of carbonyl (C=O) groups excluding carboxylic acids is 5. The number of imide groups is 1. The number of carbonyl (C=O) groups is 5. The molecule has 2 amide bonds. The van der Waals surface area contributed by atoms with Gasteiger partial charge in [-0.25, -0.2) is 14.8 Å². The van der Waals surface area contributed by atoms with Gasteiger partial charge in [0.2, 0.25) is 17.2 Å². The van der Waals surface area contributed by atoms with Crippen LogP contribution in [0, 0.1) is 5.41 Å². The topological polar surface area (TPSA) is 149 Å². The number of anilines is 2. The van der Waals surface area contributed by atoms with E-state index in [0.717, 1.165) is 31.5 Å². The van der Waals surface area contributed by atoms with E-state index < -0.39 is 47.5 Å². The highest BCUT2D eigenvalue weighted by Crippen LogP contribution is 2.56. The molecule has 2 saturated heterocycles. The maximum atomic E-state index is 13.3. The van der Waals surface area contributed by atoms with Gasteiger partial charge in [0.05, 0.1) is 20.8 Å². The van der Waals surface area contributed by atoms with E-state index in [1.807, 2.05) is 0 Å². The molecule has 3 aliphatic rings. The quantitative estimate of drug-likeness (QED) is 0.131. The second kappa shape index (κ2) is 9.13. The molecule has 186 valence electrons. The number of halogens is 1. The number of nitrogens with zero attached hydrogens (tertiary/aromatic N) is 5. The van der Waals surface area contributed by atoms with Gasteiger partial charge in [0.25, 0.3) is 0 Å². The van der Waals surface area contributed by atoms with Gasteiger partial charge < -0.3 is 24.0 Å². The van der Waals surface area contributed by atoms with Crippen LogP contribution in [0.2, 0.25) is 5.15 Å². The number of rotatable bonds is 6. The zero-order valence-electron chi connectivity index (χ0n) is 19.1. The van der Waals surface area contributed by atoms with Crippen molar-refractivity contribution in [1.29, 1.82) is 0 Å². The van der Waals surface area contributed by atoms with Crippen LogP contribution in [0.4, 0.5) is 11.5 Å². The SMILES string of the molecule is CCOC(=O)/C=C/N1c2ncnc(Cl)c2N2[C@@H](N3C(=O)CCC3=O)CC(C(=O)OC)(C(=O)OC)[C@H]12. The number of methoxy groups -OCH3 is 2. The van der Waals surface area contributed by atoms with Crippen LogP contribution in [0.25, 0.3) is 0 Å². The lowest BCUT2D eigenvalue weighted by molar-refractivity contribution is -0.170. The van der Waals surface area contributed by atoms with Crippen LogP contribution in [0.3, 0.4) is 0 Å². The number of fused-ring (bicyclic) bond motifs is 3. The normalized spacial score (nSPS) is 22.5. The van der Waals surface area contributed by atoms with Gasteiger partial charge in [-0.2, -0.15) is 0 Å². The number of esters is 3. The summed E-state index contributed by atoms with van der Waals surface area (Å²) in [5.74, 6) is -3.43. The summed E-state index contributed by atoms with van der Waals surface area (Å²) >= 11 is 6.42. The van der Waals surface area contributed by atoms with Gasteiger partial charge in [-0.1, -0.05) is 11.6 Å². The molecule has 0 saturated carbocycles. The van der Waals surface area contributed by atoms with Gasteiger partial charge >= 0.3 is 17.9 Å². The number of likely N-dealkylation sites (tertiary alicyclic amines) is 1. The van der Waals surface area contributed by atoms with Gasteiger partial charge in [0.1, 0.15) is 24.3 Å². The molecule has 0 aliphatic carbocycles. The summed E-state index contributed by atoms with van der Waals surface area (Å²) in [6, 6.07) is 0. The number of ether oxygens (including phenoxy) is 3. The number of hydrogen-bond acceptors (Lipinski definition) is 12. The molecular weight excluding hydrogens is 486 g/mol. The third kappa shape index (κ3) is 3.57. The summed E-state index contributed by atoms with van der Waals surface area (Å²) in [6.45, 7) is 1.76. The molecule has 35 heavy (non-hydrogen) atoms. The van der Waals surface area contributed by atoms with Crippen LogP contribution >= 0.6 is 11.6 Å². The Balaban J connectivity index is 1.97. The minimum atomic E-state index is -2.06. The fourth-order valence-corrected chi connectivity index (χ4v) is 5.09. The Morgan fingerprint density at radius 3 is 2.34 bits per heavy atom. The molecule has 0 unspecified atom stereocenters. The minimum Gasteiger partial charge on any atom is -0.468 e. The molecule has 2 fully saturated rings. The summed E-state index contributed by atoms with van der Waals surface area (Å²) in [5.41, 5.74) is -1.89. The van der Waals surface area contributed by atoms with Crippen LogP contribution in [-0.2, 0) is 38.2 Å². The maximum Gasteiger partial charge on any atom is 0.332 e. The predicted octanol–water partition coefficient (Wildman–Crippen LogP) is 0.371. The minimum absolute atomic E-state index is 0.0182. The second-order valence-corrected chi connectivity index (χ2v) is 8.25. The van der Waals surface area contributed by atoms with Crippen molar-refractivity contribution in [2.75, 3.05) is 30.6 Å². The number of hydrogen-bond donors (Lipinski definition) is 0. The Bertz CT molecular complexity index is 1110. The zero-order valence-corrected chi connectivity index (χ0v) is 19.9. The van der Waals surface area contributed by atoms with Crippen LogP contribution in [0.5, 0.6) is 0 Å². The summed E-state index contributed by atoms with van der Waals surface area (Å²) in [7, 11) is 2.20. The average Bonchev–Trinajstić information content (AvgIpc) is 3.47. The van der Waals surface area contributed by atoms with Crippen LogP contribution in [0.1, 0.15) is 26.2 Å². The van der Waals surface area contributed by atoms with Gasteiger partial charge in [0, 0.05) is 31.5 Å². The lowest BCUT2D eigenvalue weighted by Gasteiger charge is -2.35. The van der Waals surface area contributed by atoms with Crippen molar-refractivity contribution in [2.24, 2.45) is 5.41 Å². The first kappa shape index (κ1) is 24.4. The van der Waals surface area contributed by atoms with Crippen LogP contribution < -0.4 is 9.80 Å². The lowest BCUT2D eigenvalue weighted by Crippen LogP contribution is -2.56. The monoisotopic (exact) mass is 507 g/mol. The van der Waals surface area contributed by atoms with E-state index in [1.165, 1.54) is 16.0 Å². The molecule has 1 aromatic rings. The van der Waals surface area contributed by atoms with Crippen molar-refractivity contribution in [3.05, 3.63) is 23.8 Å². The van der Waals surface area contributed by atoms with Crippen molar-refractivity contribution < 1.29 is 38.2 Å². The van der Waals surface area contributed by atoms with Gasteiger partial charge in [-0.15, -0.1) is 0 Å². The van der Waals surface area contributed by atoms with E-state index >= 15 is 0 Å². The summed E-state index contributed by atoms with van der Waals surface area (Å²) in [6.07, 6.45) is 0.780. The number of aromatic nitrogens is 2. The van der Waals surface area contributed by atoms with Gasteiger partial charge in [-0.05, 0) is 6.92 Å². The maximum absolute atomic E-state index is 13.3.